The summed E-state index contributed by atoms with van der Waals surface area (Å²) in [5.41, 5.74) is 8.82. The maximum absolute atomic E-state index is 4.96. The summed E-state index contributed by atoms with van der Waals surface area (Å²) in [6.07, 6.45) is 3.62. The van der Waals surface area contributed by atoms with Crippen molar-refractivity contribution < 1.29 is 0 Å². The Morgan fingerprint density at radius 2 is 0.750 bits per heavy atom. The number of rotatable bonds is 5. The normalized spacial score (nSPS) is 10.8. The molecule has 0 N–H and O–H groups in total. The maximum Gasteiger partial charge on any atom is 0.160 e. The van der Waals surface area contributed by atoms with Gasteiger partial charge in [-0.1, -0.05) is 91.0 Å². The van der Waals surface area contributed by atoms with Crippen LogP contribution in [0.25, 0.3) is 56.4 Å². The molecule has 36 heavy (non-hydrogen) atoms. The van der Waals surface area contributed by atoms with E-state index < -0.39 is 0 Å². The third-order valence-electron chi connectivity index (χ3n) is 6.04. The molecule has 170 valence electrons. The zero-order valence-corrected chi connectivity index (χ0v) is 19.5. The predicted molar refractivity (Wildman–Crippen MR) is 145 cm³/mol. The summed E-state index contributed by atoms with van der Waals surface area (Å²) in [5, 5.41) is 0. The summed E-state index contributed by atoms with van der Waals surface area (Å²) in [6, 6.07) is 40.7. The fraction of sp³-hybridized carbons (Fsp3) is 0. The van der Waals surface area contributed by atoms with E-state index in [0.717, 1.165) is 50.6 Å². The lowest BCUT2D eigenvalue weighted by Gasteiger charge is -2.10. The van der Waals surface area contributed by atoms with Crippen molar-refractivity contribution in [3.8, 4) is 56.4 Å². The van der Waals surface area contributed by atoms with E-state index >= 15 is 0 Å². The molecule has 0 saturated carbocycles. The number of hydrogen-bond donors (Lipinski definition) is 0. The molecule has 0 aliphatic rings. The van der Waals surface area contributed by atoms with Crippen molar-refractivity contribution in [3.05, 3.63) is 134 Å². The average molecular weight is 463 g/mol. The lowest BCUT2D eigenvalue weighted by molar-refractivity contribution is 1.18. The van der Waals surface area contributed by atoms with Crippen LogP contribution in [0.5, 0.6) is 0 Å². The van der Waals surface area contributed by atoms with Crippen LogP contribution in [0.4, 0.5) is 0 Å². The second kappa shape index (κ2) is 9.72. The van der Waals surface area contributed by atoms with Crippen LogP contribution in [0.15, 0.2) is 134 Å². The van der Waals surface area contributed by atoms with Gasteiger partial charge in [-0.05, 0) is 30.3 Å². The van der Waals surface area contributed by atoms with Gasteiger partial charge in [-0.15, -0.1) is 0 Å². The molecular weight excluding hydrogens is 440 g/mol. The van der Waals surface area contributed by atoms with Crippen molar-refractivity contribution in [3.63, 3.8) is 0 Å². The first-order valence-electron chi connectivity index (χ1n) is 11.8. The van der Waals surface area contributed by atoms with Crippen molar-refractivity contribution >= 4 is 0 Å². The quantitative estimate of drug-likeness (QED) is 0.265. The van der Waals surface area contributed by atoms with E-state index in [9.17, 15) is 0 Å². The van der Waals surface area contributed by atoms with Crippen molar-refractivity contribution in [1.82, 2.24) is 19.9 Å². The van der Waals surface area contributed by atoms with Gasteiger partial charge in [0, 0.05) is 40.2 Å². The van der Waals surface area contributed by atoms with Gasteiger partial charge in [0.2, 0.25) is 0 Å². The topological polar surface area (TPSA) is 51.6 Å². The maximum atomic E-state index is 4.96. The third kappa shape index (κ3) is 4.52. The van der Waals surface area contributed by atoms with Crippen LogP contribution in [0.2, 0.25) is 0 Å². The number of pyridine rings is 2. The molecule has 0 fully saturated rings. The largest absolute Gasteiger partial charge is 0.256 e. The molecule has 3 aromatic carbocycles. The molecular formula is C32H22N4. The highest BCUT2D eigenvalue weighted by molar-refractivity contribution is 5.74. The van der Waals surface area contributed by atoms with Crippen molar-refractivity contribution in [1.29, 1.82) is 0 Å². The molecule has 6 rings (SSSR count). The highest BCUT2D eigenvalue weighted by atomic mass is 14.9. The molecule has 0 aliphatic carbocycles. The van der Waals surface area contributed by atoms with E-state index in [1.807, 2.05) is 60.8 Å². The molecule has 0 amide bonds. The second-order valence-electron chi connectivity index (χ2n) is 8.41. The lowest BCUT2D eigenvalue weighted by atomic mass is 10.0. The van der Waals surface area contributed by atoms with Crippen LogP contribution >= 0.6 is 0 Å². The zero-order valence-electron chi connectivity index (χ0n) is 19.5. The molecule has 0 bridgehead atoms. The minimum atomic E-state index is 0.688. The van der Waals surface area contributed by atoms with E-state index in [1.165, 1.54) is 0 Å². The van der Waals surface area contributed by atoms with Crippen molar-refractivity contribution in [2.45, 2.75) is 0 Å². The van der Waals surface area contributed by atoms with Crippen LogP contribution < -0.4 is 0 Å². The van der Waals surface area contributed by atoms with Gasteiger partial charge in [0.1, 0.15) is 0 Å². The Bertz CT molecular complexity index is 1480. The SMILES string of the molecule is c1ccc(-c2cc(-c3ccc(-c4ccccn4)cc3)nc(-c3ccc(-c4ccccn4)cc3)n2)cc1. The van der Waals surface area contributed by atoms with Crippen LogP contribution in [0, 0.1) is 0 Å². The van der Waals surface area contributed by atoms with Gasteiger partial charge in [-0.2, -0.15) is 0 Å². The van der Waals surface area contributed by atoms with Crippen LogP contribution in [0.3, 0.4) is 0 Å². The van der Waals surface area contributed by atoms with Gasteiger partial charge >= 0.3 is 0 Å². The second-order valence-corrected chi connectivity index (χ2v) is 8.41. The standard InChI is InChI=1S/C32H22N4/c1-2-8-23(9-3-1)30-22-31(26-14-12-24(13-15-26)28-10-4-6-20-33-28)36-32(35-30)27-18-16-25(17-19-27)29-11-5-7-21-34-29/h1-22H. The van der Waals surface area contributed by atoms with Crippen LogP contribution in [0.1, 0.15) is 0 Å². The molecule has 3 heterocycles. The number of nitrogens with zero attached hydrogens (tertiary/aromatic N) is 4. The number of aromatic nitrogens is 4. The lowest BCUT2D eigenvalue weighted by Crippen LogP contribution is -1.96. The molecule has 0 atom stereocenters. The predicted octanol–water partition coefficient (Wildman–Crippen LogP) is 7.60. The fourth-order valence-corrected chi connectivity index (χ4v) is 4.15. The zero-order chi connectivity index (χ0) is 24.2. The van der Waals surface area contributed by atoms with Crippen LogP contribution in [-0.2, 0) is 0 Å². The van der Waals surface area contributed by atoms with Gasteiger partial charge in [-0.3, -0.25) is 9.97 Å². The molecule has 3 aromatic heterocycles. The number of hydrogen-bond acceptors (Lipinski definition) is 4. The Labute approximate surface area is 210 Å². The molecule has 0 unspecified atom stereocenters. The Morgan fingerprint density at radius 3 is 1.22 bits per heavy atom. The Balaban J connectivity index is 1.41. The monoisotopic (exact) mass is 462 g/mol. The summed E-state index contributed by atoms with van der Waals surface area (Å²) >= 11 is 0. The Morgan fingerprint density at radius 1 is 0.333 bits per heavy atom. The summed E-state index contributed by atoms with van der Waals surface area (Å²) in [6.45, 7) is 0. The summed E-state index contributed by atoms with van der Waals surface area (Å²) < 4.78 is 0. The van der Waals surface area contributed by atoms with Gasteiger partial charge in [0.15, 0.2) is 5.82 Å². The molecule has 0 aliphatic heterocycles. The highest BCUT2D eigenvalue weighted by Gasteiger charge is 2.11. The first-order valence-corrected chi connectivity index (χ1v) is 11.8. The molecule has 0 saturated heterocycles. The molecule has 6 aromatic rings. The third-order valence-corrected chi connectivity index (χ3v) is 6.04. The smallest absolute Gasteiger partial charge is 0.160 e. The van der Waals surface area contributed by atoms with E-state index in [4.69, 9.17) is 9.97 Å². The Hall–Kier alpha value is -4.96. The first-order chi connectivity index (χ1) is 17.8. The summed E-state index contributed by atoms with van der Waals surface area (Å²) in [5.74, 6) is 0.688. The minimum Gasteiger partial charge on any atom is -0.256 e. The fourth-order valence-electron chi connectivity index (χ4n) is 4.15. The molecule has 4 heteroatoms. The molecule has 0 spiro atoms. The van der Waals surface area contributed by atoms with E-state index in [1.54, 1.807) is 6.20 Å². The summed E-state index contributed by atoms with van der Waals surface area (Å²) in [7, 11) is 0. The van der Waals surface area contributed by atoms with Crippen molar-refractivity contribution in [2.75, 3.05) is 0 Å². The summed E-state index contributed by atoms with van der Waals surface area (Å²) in [4.78, 5) is 18.8. The van der Waals surface area contributed by atoms with E-state index in [2.05, 4.69) is 76.7 Å². The molecule has 4 nitrogen and oxygen atoms in total. The van der Waals surface area contributed by atoms with E-state index in [0.29, 0.717) is 5.82 Å². The first kappa shape index (κ1) is 21.6. The van der Waals surface area contributed by atoms with Gasteiger partial charge < -0.3 is 0 Å². The number of benzene rings is 3. The average Bonchev–Trinajstić information content (AvgIpc) is 2.98. The van der Waals surface area contributed by atoms with Gasteiger partial charge in [0.05, 0.1) is 22.8 Å². The van der Waals surface area contributed by atoms with Gasteiger partial charge in [0.25, 0.3) is 0 Å². The van der Waals surface area contributed by atoms with Crippen LogP contribution in [-0.4, -0.2) is 19.9 Å². The van der Waals surface area contributed by atoms with Gasteiger partial charge in [-0.25, -0.2) is 9.97 Å². The molecule has 0 radical (unpaired) electrons. The van der Waals surface area contributed by atoms with E-state index in [-0.39, 0.29) is 0 Å². The highest BCUT2D eigenvalue weighted by Crippen LogP contribution is 2.29. The minimum absolute atomic E-state index is 0.688. The van der Waals surface area contributed by atoms with Crippen molar-refractivity contribution in [2.24, 2.45) is 0 Å². The Kier molecular flexibility index (Phi) is 5.83.